The van der Waals surface area contributed by atoms with E-state index in [1.165, 1.54) is 37.7 Å². The van der Waals surface area contributed by atoms with Crippen LogP contribution in [-0.2, 0) is 10.0 Å². The summed E-state index contributed by atoms with van der Waals surface area (Å²) < 4.78 is 27.4. The summed E-state index contributed by atoms with van der Waals surface area (Å²) in [5, 5.41) is 3.26. The molecule has 6 heteroatoms. The quantitative estimate of drug-likeness (QED) is 0.850. The van der Waals surface area contributed by atoms with E-state index >= 15 is 0 Å². The van der Waals surface area contributed by atoms with Crippen molar-refractivity contribution in [2.75, 3.05) is 19.6 Å². The van der Waals surface area contributed by atoms with E-state index in [0.29, 0.717) is 23.3 Å². The predicted octanol–water partition coefficient (Wildman–Crippen LogP) is 3.04. The van der Waals surface area contributed by atoms with Gasteiger partial charge in [-0.05, 0) is 61.9 Å². The Kier molecular flexibility index (Phi) is 6.89. The Bertz CT molecular complexity index is 577. The van der Waals surface area contributed by atoms with E-state index in [4.69, 9.17) is 0 Å². The molecular weight excluding hydrogens is 332 g/mol. The molecule has 1 aromatic carbocycles. The molecule has 1 aliphatic carbocycles. The number of halogens is 1. The second kappa shape index (κ2) is 8.47. The lowest BCUT2D eigenvalue weighted by Gasteiger charge is -2.22. The number of sulfonamides is 1. The lowest BCUT2D eigenvalue weighted by molar-refractivity contribution is 0.443. The molecule has 0 radical (unpaired) electrons. The summed E-state index contributed by atoms with van der Waals surface area (Å²) in [5.74, 6) is 1.03. The molecule has 1 aromatic rings. The molecular formula is C17H27ClN2O2S. The van der Waals surface area contributed by atoms with Gasteiger partial charge in [0.15, 0.2) is 0 Å². The second-order valence-electron chi connectivity index (χ2n) is 6.61. The molecule has 2 aliphatic rings. The van der Waals surface area contributed by atoms with Crippen molar-refractivity contribution in [2.45, 2.75) is 49.3 Å². The maximum Gasteiger partial charge on any atom is 0.240 e. The van der Waals surface area contributed by atoms with Crippen LogP contribution >= 0.6 is 12.4 Å². The molecule has 3 rings (SSSR count). The van der Waals surface area contributed by atoms with Crippen LogP contribution in [0, 0.1) is 5.92 Å². The molecule has 1 saturated heterocycles. The Hall–Kier alpha value is -0.620. The first-order chi connectivity index (χ1) is 10.6. The van der Waals surface area contributed by atoms with Crippen molar-refractivity contribution in [3.8, 4) is 0 Å². The maximum atomic E-state index is 12.3. The minimum atomic E-state index is -3.37. The summed E-state index contributed by atoms with van der Waals surface area (Å²) in [5.41, 5.74) is 1.29. The topological polar surface area (TPSA) is 58.2 Å². The van der Waals surface area contributed by atoms with E-state index < -0.39 is 10.0 Å². The molecule has 1 saturated carbocycles. The number of nitrogens with one attached hydrogen (secondary N) is 2. The lowest BCUT2D eigenvalue weighted by Crippen LogP contribution is -2.30. The van der Waals surface area contributed by atoms with Crippen LogP contribution in [0.25, 0.3) is 0 Å². The van der Waals surface area contributed by atoms with Crippen molar-refractivity contribution >= 4 is 22.4 Å². The van der Waals surface area contributed by atoms with Gasteiger partial charge in [0.05, 0.1) is 4.90 Å². The molecule has 0 amide bonds. The predicted molar refractivity (Wildman–Crippen MR) is 95.7 cm³/mol. The molecule has 130 valence electrons. The van der Waals surface area contributed by atoms with Crippen LogP contribution in [0.3, 0.4) is 0 Å². The van der Waals surface area contributed by atoms with Gasteiger partial charge in [-0.15, -0.1) is 12.4 Å². The highest BCUT2D eigenvalue weighted by molar-refractivity contribution is 7.89. The van der Waals surface area contributed by atoms with Crippen LogP contribution in [0.2, 0.25) is 0 Å². The van der Waals surface area contributed by atoms with Gasteiger partial charge in [-0.25, -0.2) is 13.1 Å². The number of hydrogen-bond donors (Lipinski definition) is 2. The molecule has 1 unspecified atom stereocenters. The third kappa shape index (κ3) is 4.92. The summed E-state index contributed by atoms with van der Waals surface area (Å²) in [7, 11) is -3.37. The number of hydrogen-bond acceptors (Lipinski definition) is 3. The van der Waals surface area contributed by atoms with E-state index in [2.05, 4.69) is 10.0 Å². The number of rotatable bonds is 5. The molecule has 4 nitrogen and oxygen atoms in total. The van der Waals surface area contributed by atoms with E-state index in [9.17, 15) is 8.42 Å². The maximum absolute atomic E-state index is 12.3. The summed E-state index contributed by atoms with van der Waals surface area (Å²) in [6.45, 7) is 2.42. The largest absolute Gasteiger partial charge is 0.316 e. The van der Waals surface area contributed by atoms with Crippen LogP contribution in [0.1, 0.15) is 50.0 Å². The van der Waals surface area contributed by atoms with Crippen LogP contribution in [0.5, 0.6) is 0 Å². The van der Waals surface area contributed by atoms with E-state index in [1.54, 1.807) is 12.1 Å². The van der Waals surface area contributed by atoms with Crippen molar-refractivity contribution in [3.63, 3.8) is 0 Å². The van der Waals surface area contributed by atoms with Gasteiger partial charge in [0.2, 0.25) is 10.0 Å². The van der Waals surface area contributed by atoms with Crippen LogP contribution in [-0.4, -0.2) is 28.1 Å². The third-order valence-electron chi connectivity index (χ3n) is 4.99. The second-order valence-corrected chi connectivity index (χ2v) is 8.38. The Morgan fingerprint density at radius 2 is 1.74 bits per heavy atom. The van der Waals surface area contributed by atoms with E-state index in [-0.39, 0.29) is 12.4 Å². The Labute approximate surface area is 145 Å². The molecule has 0 spiro atoms. The normalized spacial score (nSPS) is 22.7. The van der Waals surface area contributed by atoms with Gasteiger partial charge in [-0.3, -0.25) is 0 Å². The summed E-state index contributed by atoms with van der Waals surface area (Å²) in [4.78, 5) is 0.387. The lowest BCUT2D eigenvalue weighted by atomic mass is 9.84. The van der Waals surface area contributed by atoms with Gasteiger partial charge in [-0.1, -0.05) is 31.4 Å². The summed E-state index contributed by atoms with van der Waals surface area (Å²) >= 11 is 0. The monoisotopic (exact) mass is 358 g/mol. The summed E-state index contributed by atoms with van der Waals surface area (Å²) in [6, 6.07) is 7.53. The fourth-order valence-corrected chi connectivity index (χ4v) is 4.67. The molecule has 2 fully saturated rings. The Morgan fingerprint density at radius 3 is 2.35 bits per heavy atom. The average Bonchev–Trinajstić information content (AvgIpc) is 3.08. The highest BCUT2D eigenvalue weighted by atomic mass is 35.5. The van der Waals surface area contributed by atoms with Gasteiger partial charge >= 0.3 is 0 Å². The fraction of sp³-hybridized carbons (Fsp3) is 0.647. The first-order valence-electron chi connectivity index (χ1n) is 8.45. The molecule has 1 heterocycles. The average molecular weight is 359 g/mol. The first kappa shape index (κ1) is 18.7. The zero-order valence-corrected chi connectivity index (χ0v) is 15.1. The Balaban J connectivity index is 0.00000192. The van der Waals surface area contributed by atoms with Crippen molar-refractivity contribution in [1.82, 2.24) is 10.0 Å². The number of benzene rings is 1. The minimum Gasteiger partial charge on any atom is -0.316 e. The fourth-order valence-electron chi connectivity index (χ4n) is 3.55. The molecule has 23 heavy (non-hydrogen) atoms. The molecule has 1 aliphatic heterocycles. The van der Waals surface area contributed by atoms with E-state index in [1.807, 2.05) is 12.1 Å². The first-order valence-corrected chi connectivity index (χ1v) is 9.94. The standard InChI is InChI=1S/C17H26N2O2S.ClH/c20-22(21,19-13-14-10-11-18-12-14)17-8-6-16(7-9-17)15-4-2-1-3-5-15;/h6-9,14-15,18-19H,1-5,10-13H2;1H. The molecule has 1 atom stereocenters. The van der Waals surface area contributed by atoms with Crippen molar-refractivity contribution in [1.29, 1.82) is 0 Å². The molecule has 0 bridgehead atoms. The third-order valence-corrected chi connectivity index (χ3v) is 6.43. The highest BCUT2D eigenvalue weighted by Crippen LogP contribution is 2.32. The van der Waals surface area contributed by atoms with Gasteiger partial charge in [0.1, 0.15) is 0 Å². The van der Waals surface area contributed by atoms with Gasteiger partial charge in [-0.2, -0.15) is 0 Å². The van der Waals surface area contributed by atoms with Crippen molar-refractivity contribution < 1.29 is 8.42 Å². The van der Waals surface area contributed by atoms with Crippen molar-refractivity contribution in [2.24, 2.45) is 5.92 Å². The van der Waals surface area contributed by atoms with Gasteiger partial charge in [0, 0.05) is 6.54 Å². The molecule has 0 aromatic heterocycles. The van der Waals surface area contributed by atoms with Crippen LogP contribution < -0.4 is 10.0 Å². The summed E-state index contributed by atoms with van der Waals surface area (Å²) in [6.07, 6.45) is 7.44. The smallest absolute Gasteiger partial charge is 0.240 e. The zero-order valence-electron chi connectivity index (χ0n) is 13.5. The highest BCUT2D eigenvalue weighted by Gasteiger charge is 2.20. The van der Waals surface area contributed by atoms with E-state index in [0.717, 1.165) is 19.5 Å². The minimum absolute atomic E-state index is 0. The zero-order chi connectivity index (χ0) is 15.4. The van der Waals surface area contributed by atoms with Gasteiger partial charge in [0.25, 0.3) is 0 Å². The SMILES string of the molecule is Cl.O=S(=O)(NCC1CCNC1)c1ccc(C2CCCCC2)cc1. The molecule has 2 N–H and O–H groups in total. The van der Waals surface area contributed by atoms with Crippen molar-refractivity contribution in [3.05, 3.63) is 29.8 Å². The van der Waals surface area contributed by atoms with Crippen LogP contribution in [0.15, 0.2) is 29.2 Å². The van der Waals surface area contributed by atoms with Crippen LogP contribution in [0.4, 0.5) is 0 Å². The van der Waals surface area contributed by atoms with Gasteiger partial charge < -0.3 is 5.32 Å². The Morgan fingerprint density at radius 1 is 1.04 bits per heavy atom.